The molecule has 1 unspecified atom stereocenters. The summed E-state index contributed by atoms with van der Waals surface area (Å²) in [5, 5.41) is 3.79. The summed E-state index contributed by atoms with van der Waals surface area (Å²) in [5.74, 6) is 0. The number of hydrogen-bond donors (Lipinski definition) is 0. The van der Waals surface area contributed by atoms with E-state index in [0.29, 0.717) is 0 Å². The van der Waals surface area contributed by atoms with E-state index < -0.39 is 0 Å². The molecule has 0 fully saturated rings. The SMILES string of the molecule is C=CC1=NOC(OCCCC)C1. The molecule has 0 amide bonds. The van der Waals surface area contributed by atoms with E-state index in [1.165, 1.54) is 0 Å². The Morgan fingerprint density at radius 1 is 1.83 bits per heavy atom. The summed E-state index contributed by atoms with van der Waals surface area (Å²) in [4.78, 5) is 5.00. The molecule has 12 heavy (non-hydrogen) atoms. The molecule has 3 nitrogen and oxygen atoms in total. The number of rotatable bonds is 5. The fraction of sp³-hybridized carbons (Fsp3) is 0.667. The Bertz CT molecular complexity index is 177. The second kappa shape index (κ2) is 4.93. The van der Waals surface area contributed by atoms with Crippen LogP contribution in [-0.4, -0.2) is 18.6 Å². The van der Waals surface area contributed by atoms with Gasteiger partial charge in [0.2, 0.25) is 6.29 Å². The predicted molar refractivity (Wildman–Crippen MR) is 48.0 cm³/mol. The lowest BCUT2D eigenvalue weighted by Crippen LogP contribution is -2.12. The molecule has 0 saturated carbocycles. The van der Waals surface area contributed by atoms with Gasteiger partial charge < -0.3 is 9.57 Å². The average molecular weight is 169 g/mol. The van der Waals surface area contributed by atoms with Crippen LogP contribution in [0, 0.1) is 0 Å². The Balaban J connectivity index is 2.10. The van der Waals surface area contributed by atoms with Crippen LogP contribution in [0.1, 0.15) is 26.2 Å². The first kappa shape index (κ1) is 9.26. The molecule has 68 valence electrons. The van der Waals surface area contributed by atoms with Gasteiger partial charge in [-0.05, 0) is 12.5 Å². The van der Waals surface area contributed by atoms with Crippen LogP contribution in [0.3, 0.4) is 0 Å². The molecule has 0 N–H and O–H groups in total. The zero-order chi connectivity index (χ0) is 8.81. The minimum atomic E-state index is -0.176. The highest BCUT2D eigenvalue weighted by molar-refractivity contribution is 5.94. The van der Waals surface area contributed by atoms with Crippen molar-refractivity contribution in [3.8, 4) is 0 Å². The quantitative estimate of drug-likeness (QED) is 0.590. The van der Waals surface area contributed by atoms with Gasteiger partial charge in [-0.2, -0.15) is 0 Å². The maximum Gasteiger partial charge on any atom is 0.232 e. The Morgan fingerprint density at radius 2 is 2.67 bits per heavy atom. The van der Waals surface area contributed by atoms with Gasteiger partial charge in [0.15, 0.2) is 0 Å². The monoisotopic (exact) mass is 169 g/mol. The van der Waals surface area contributed by atoms with Crippen LogP contribution in [0.2, 0.25) is 0 Å². The van der Waals surface area contributed by atoms with E-state index in [1.807, 2.05) is 0 Å². The largest absolute Gasteiger partial charge is 0.363 e. The van der Waals surface area contributed by atoms with E-state index >= 15 is 0 Å². The number of unbranched alkanes of at least 4 members (excludes halogenated alkanes) is 1. The fourth-order valence-corrected chi connectivity index (χ4v) is 0.941. The molecule has 3 heteroatoms. The summed E-state index contributed by atoms with van der Waals surface area (Å²) in [6, 6.07) is 0. The van der Waals surface area contributed by atoms with Crippen molar-refractivity contribution in [2.75, 3.05) is 6.61 Å². The van der Waals surface area contributed by atoms with Crippen LogP contribution in [0.5, 0.6) is 0 Å². The molecule has 0 saturated heterocycles. The van der Waals surface area contributed by atoms with E-state index in [0.717, 1.165) is 31.6 Å². The molecule has 1 rings (SSSR count). The summed E-state index contributed by atoms with van der Waals surface area (Å²) < 4.78 is 5.39. The molecule has 0 bridgehead atoms. The van der Waals surface area contributed by atoms with Crippen LogP contribution < -0.4 is 0 Å². The molecular weight excluding hydrogens is 154 g/mol. The maximum atomic E-state index is 5.39. The maximum absolute atomic E-state index is 5.39. The van der Waals surface area contributed by atoms with Gasteiger partial charge in [0.05, 0.1) is 18.7 Å². The van der Waals surface area contributed by atoms with Crippen molar-refractivity contribution in [2.45, 2.75) is 32.5 Å². The molecule has 0 aromatic heterocycles. The minimum Gasteiger partial charge on any atom is -0.363 e. The van der Waals surface area contributed by atoms with E-state index in [2.05, 4.69) is 18.7 Å². The van der Waals surface area contributed by atoms with Crippen molar-refractivity contribution < 1.29 is 9.57 Å². The lowest BCUT2D eigenvalue weighted by Gasteiger charge is -2.08. The second-order valence-electron chi connectivity index (χ2n) is 2.75. The van der Waals surface area contributed by atoms with E-state index in [4.69, 9.17) is 9.57 Å². The second-order valence-corrected chi connectivity index (χ2v) is 2.75. The number of oxime groups is 1. The third-order valence-electron chi connectivity index (χ3n) is 1.70. The first-order chi connectivity index (χ1) is 5.86. The molecule has 0 spiro atoms. The summed E-state index contributed by atoms with van der Waals surface area (Å²) in [5.41, 5.74) is 0.872. The Hall–Kier alpha value is -0.830. The van der Waals surface area contributed by atoms with Crippen molar-refractivity contribution in [3.05, 3.63) is 12.7 Å². The number of hydrogen-bond acceptors (Lipinski definition) is 3. The van der Waals surface area contributed by atoms with Crippen molar-refractivity contribution in [1.29, 1.82) is 0 Å². The summed E-state index contributed by atoms with van der Waals surface area (Å²) in [6.45, 7) is 6.49. The average Bonchev–Trinajstić information content (AvgIpc) is 2.53. The smallest absolute Gasteiger partial charge is 0.232 e. The van der Waals surface area contributed by atoms with Crippen molar-refractivity contribution in [3.63, 3.8) is 0 Å². The molecule has 0 aromatic carbocycles. The highest BCUT2D eigenvalue weighted by Gasteiger charge is 2.18. The molecule has 0 radical (unpaired) electrons. The third kappa shape index (κ3) is 2.66. The van der Waals surface area contributed by atoms with Gasteiger partial charge in [-0.15, -0.1) is 0 Å². The third-order valence-corrected chi connectivity index (χ3v) is 1.70. The van der Waals surface area contributed by atoms with E-state index in [-0.39, 0.29) is 6.29 Å². The molecule has 1 aliphatic heterocycles. The van der Waals surface area contributed by atoms with Crippen LogP contribution >= 0.6 is 0 Å². The van der Waals surface area contributed by atoms with Crippen LogP contribution in [0.25, 0.3) is 0 Å². The van der Waals surface area contributed by atoms with Crippen molar-refractivity contribution in [2.24, 2.45) is 5.16 Å². The van der Waals surface area contributed by atoms with Crippen LogP contribution in [0.15, 0.2) is 17.8 Å². The summed E-state index contributed by atoms with van der Waals surface area (Å²) in [7, 11) is 0. The normalized spacial score (nSPS) is 21.8. The Morgan fingerprint density at radius 3 is 3.25 bits per heavy atom. The Kier molecular flexibility index (Phi) is 3.80. The van der Waals surface area contributed by atoms with Gasteiger partial charge in [0, 0.05) is 0 Å². The van der Waals surface area contributed by atoms with Gasteiger partial charge >= 0.3 is 0 Å². The molecular formula is C9H15NO2. The highest BCUT2D eigenvalue weighted by atomic mass is 16.8. The van der Waals surface area contributed by atoms with Crippen LogP contribution in [0.4, 0.5) is 0 Å². The lowest BCUT2D eigenvalue weighted by molar-refractivity contribution is -0.124. The van der Waals surface area contributed by atoms with E-state index in [9.17, 15) is 0 Å². The van der Waals surface area contributed by atoms with Gasteiger partial charge in [0.25, 0.3) is 0 Å². The summed E-state index contributed by atoms with van der Waals surface area (Å²) in [6.07, 6.45) is 4.46. The minimum absolute atomic E-state index is 0.176. The zero-order valence-corrected chi connectivity index (χ0v) is 7.45. The van der Waals surface area contributed by atoms with E-state index in [1.54, 1.807) is 6.08 Å². The first-order valence-corrected chi connectivity index (χ1v) is 4.33. The number of nitrogens with zero attached hydrogens (tertiary/aromatic N) is 1. The topological polar surface area (TPSA) is 30.8 Å². The van der Waals surface area contributed by atoms with Gasteiger partial charge in [0.1, 0.15) is 0 Å². The fourth-order valence-electron chi connectivity index (χ4n) is 0.941. The van der Waals surface area contributed by atoms with Gasteiger partial charge in [-0.1, -0.05) is 25.1 Å². The standard InChI is InChI=1S/C9H15NO2/c1-3-5-6-11-9-7-8(4-2)10-12-9/h4,9H,2-3,5-7H2,1H3. The van der Waals surface area contributed by atoms with Gasteiger partial charge in [-0.25, -0.2) is 0 Å². The van der Waals surface area contributed by atoms with Crippen LogP contribution in [-0.2, 0) is 9.57 Å². The molecule has 1 aliphatic rings. The molecule has 0 aliphatic carbocycles. The molecule has 0 aromatic rings. The zero-order valence-electron chi connectivity index (χ0n) is 7.45. The molecule has 1 heterocycles. The number of ether oxygens (including phenoxy) is 1. The van der Waals surface area contributed by atoms with Crippen molar-refractivity contribution in [1.82, 2.24) is 0 Å². The number of allylic oxidation sites excluding steroid dienone is 1. The first-order valence-electron chi connectivity index (χ1n) is 4.33. The van der Waals surface area contributed by atoms with Crippen molar-refractivity contribution >= 4 is 5.71 Å². The highest BCUT2D eigenvalue weighted by Crippen LogP contribution is 2.12. The lowest BCUT2D eigenvalue weighted by atomic mass is 10.3. The molecule has 1 atom stereocenters. The Labute approximate surface area is 73.0 Å². The summed E-state index contributed by atoms with van der Waals surface area (Å²) >= 11 is 0. The predicted octanol–water partition coefficient (Wildman–Crippen LogP) is 2.09. The van der Waals surface area contributed by atoms with Gasteiger partial charge in [-0.3, -0.25) is 0 Å².